The van der Waals surface area contributed by atoms with Crippen molar-refractivity contribution in [1.29, 1.82) is 0 Å². The average molecular weight is 274 g/mol. The Bertz CT molecular complexity index is 631. The van der Waals surface area contributed by atoms with Gasteiger partial charge in [0.1, 0.15) is 6.04 Å². The van der Waals surface area contributed by atoms with Crippen LogP contribution >= 0.6 is 0 Å². The van der Waals surface area contributed by atoms with Crippen LogP contribution in [-0.2, 0) is 9.53 Å². The number of imidazole rings is 1. The standard InChI is InChI=1S/C14H18N4O2/c1-10(14(19)17-4-6-20-7-5-17)18-9-16-12-8-11(15)2-3-13(12)18/h2-3,8-10H,4-7,15H2,1H3. The third kappa shape index (κ3) is 2.22. The summed E-state index contributed by atoms with van der Waals surface area (Å²) >= 11 is 0. The Hall–Kier alpha value is -2.08. The minimum Gasteiger partial charge on any atom is -0.399 e. The van der Waals surface area contributed by atoms with Gasteiger partial charge in [-0.1, -0.05) is 0 Å². The predicted octanol–water partition coefficient (Wildman–Crippen LogP) is 1.04. The molecule has 1 aromatic heterocycles. The molecule has 6 heteroatoms. The third-order valence-corrected chi connectivity index (χ3v) is 3.70. The second kappa shape index (κ2) is 5.13. The first kappa shape index (κ1) is 12.9. The van der Waals surface area contributed by atoms with Crippen molar-refractivity contribution in [3.05, 3.63) is 24.5 Å². The number of hydrogen-bond donors (Lipinski definition) is 1. The number of carbonyl (C=O) groups is 1. The van der Waals surface area contributed by atoms with Gasteiger partial charge in [0.25, 0.3) is 0 Å². The number of morpholine rings is 1. The van der Waals surface area contributed by atoms with Crippen LogP contribution in [0.15, 0.2) is 24.5 Å². The highest BCUT2D eigenvalue weighted by Crippen LogP contribution is 2.21. The molecule has 1 aromatic carbocycles. The van der Waals surface area contributed by atoms with Crippen LogP contribution in [0.5, 0.6) is 0 Å². The molecule has 0 spiro atoms. The van der Waals surface area contributed by atoms with Crippen molar-refractivity contribution in [3.8, 4) is 0 Å². The quantitative estimate of drug-likeness (QED) is 0.830. The minimum atomic E-state index is -0.276. The van der Waals surface area contributed by atoms with E-state index in [1.807, 2.05) is 34.6 Å². The van der Waals surface area contributed by atoms with Crippen molar-refractivity contribution in [3.63, 3.8) is 0 Å². The molecule has 2 aromatic rings. The van der Waals surface area contributed by atoms with E-state index < -0.39 is 0 Å². The van der Waals surface area contributed by atoms with Crippen molar-refractivity contribution in [1.82, 2.24) is 14.5 Å². The molecule has 1 atom stereocenters. The Morgan fingerprint density at radius 1 is 1.40 bits per heavy atom. The topological polar surface area (TPSA) is 73.4 Å². The van der Waals surface area contributed by atoms with Crippen LogP contribution in [0.2, 0.25) is 0 Å². The number of anilines is 1. The number of nitrogen functional groups attached to an aromatic ring is 1. The Kier molecular flexibility index (Phi) is 3.31. The fraction of sp³-hybridized carbons (Fsp3) is 0.429. The number of fused-ring (bicyclic) bond motifs is 1. The fourth-order valence-electron chi connectivity index (χ4n) is 2.52. The Labute approximate surface area is 117 Å². The van der Waals surface area contributed by atoms with Gasteiger partial charge in [-0.2, -0.15) is 0 Å². The molecule has 2 N–H and O–H groups in total. The Balaban J connectivity index is 1.88. The van der Waals surface area contributed by atoms with Crippen molar-refractivity contribution in [2.75, 3.05) is 32.0 Å². The summed E-state index contributed by atoms with van der Waals surface area (Å²) in [6, 6.07) is 5.27. The first-order valence-corrected chi connectivity index (χ1v) is 6.75. The van der Waals surface area contributed by atoms with E-state index in [0.29, 0.717) is 32.0 Å². The smallest absolute Gasteiger partial charge is 0.245 e. The summed E-state index contributed by atoms with van der Waals surface area (Å²) in [5.41, 5.74) is 8.16. The normalized spacial score (nSPS) is 17.4. The molecule has 1 fully saturated rings. The molecular weight excluding hydrogens is 256 g/mol. The van der Waals surface area contributed by atoms with Gasteiger partial charge in [-0.05, 0) is 25.1 Å². The number of rotatable bonds is 2. The predicted molar refractivity (Wildman–Crippen MR) is 76.3 cm³/mol. The highest BCUT2D eigenvalue weighted by molar-refractivity contribution is 5.84. The number of nitrogens with zero attached hydrogens (tertiary/aromatic N) is 3. The molecule has 1 aliphatic rings. The molecule has 6 nitrogen and oxygen atoms in total. The molecule has 0 saturated carbocycles. The summed E-state index contributed by atoms with van der Waals surface area (Å²) < 4.78 is 7.17. The summed E-state index contributed by atoms with van der Waals surface area (Å²) in [6.45, 7) is 4.43. The lowest BCUT2D eigenvalue weighted by Crippen LogP contribution is -2.43. The largest absolute Gasteiger partial charge is 0.399 e. The second-order valence-electron chi connectivity index (χ2n) is 5.01. The lowest BCUT2D eigenvalue weighted by Gasteiger charge is -2.29. The van der Waals surface area contributed by atoms with E-state index >= 15 is 0 Å². The van der Waals surface area contributed by atoms with Crippen LogP contribution in [0, 0.1) is 0 Å². The Morgan fingerprint density at radius 2 is 2.15 bits per heavy atom. The van der Waals surface area contributed by atoms with Gasteiger partial charge < -0.3 is 19.9 Å². The number of ether oxygens (including phenoxy) is 1. The molecular formula is C14H18N4O2. The van der Waals surface area contributed by atoms with E-state index in [4.69, 9.17) is 10.5 Å². The minimum absolute atomic E-state index is 0.101. The fourth-order valence-corrected chi connectivity index (χ4v) is 2.52. The number of amides is 1. The van der Waals surface area contributed by atoms with Crippen molar-refractivity contribution in [2.45, 2.75) is 13.0 Å². The Morgan fingerprint density at radius 3 is 2.90 bits per heavy atom. The van der Waals surface area contributed by atoms with Crippen molar-refractivity contribution >= 4 is 22.6 Å². The number of aromatic nitrogens is 2. The SMILES string of the molecule is CC(C(=O)N1CCOCC1)n1cnc2cc(N)ccc21. The van der Waals surface area contributed by atoms with E-state index in [9.17, 15) is 4.79 Å². The molecule has 0 radical (unpaired) electrons. The number of hydrogen-bond acceptors (Lipinski definition) is 4. The zero-order valence-electron chi connectivity index (χ0n) is 11.5. The van der Waals surface area contributed by atoms with Crippen LogP contribution in [-0.4, -0.2) is 46.7 Å². The molecule has 0 bridgehead atoms. The van der Waals surface area contributed by atoms with Crippen LogP contribution in [0.1, 0.15) is 13.0 Å². The van der Waals surface area contributed by atoms with Crippen LogP contribution in [0.25, 0.3) is 11.0 Å². The third-order valence-electron chi connectivity index (χ3n) is 3.70. The van der Waals surface area contributed by atoms with Crippen LogP contribution < -0.4 is 5.73 Å². The summed E-state index contributed by atoms with van der Waals surface area (Å²) in [5.74, 6) is 0.101. The molecule has 1 aliphatic heterocycles. The maximum atomic E-state index is 12.5. The van der Waals surface area contributed by atoms with Gasteiger partial charge in [-0.15, -0.1) is 0 Å². The van der Waals surface area contributed by atoms with E-state index in [2.05, 4.69) is 4.98 Å². The van der Waals surface area contributed by atoms with E-state index in [-0.39, 0.29) is 11.9 Å². The van der Waals surface area contributed by atoms with Gasteiger partial charge in [0.15, 0.2) is 0 Å². The molecule has 1 saturated heterocycles. The number of benzene rings is 1. The molecule has 106 valence electrons. The molecule has 0 aliphatic carbocycles. The van der Waals surface area contributed by atoms with Gasteiger partial charge in [-0.3, -0.25) is 4.79 Å². The number of nitrogens with two attached hydrogens (primary N) is 1. The molecule has 20 heavy (non-hydrogen) atoms. The van der Waals surface area contributed by atoms with Gasteiger partial charge in [0.05, 0.1) is 30.6 Å². The van der Waals surface area contributed by atoms with Crippen molar-refractivity contribution in [2.24, 2.45) is 0 Å². The van der Waals surface area contributed by atoms with Crippen LogP contribution in [0.4, 0.5) is 5.69 Å². The summed E-state index contributed by atoms with van der Waals surface area (Å²) in [4.78, 5) is 18.7. The van der Waals surface area contributed by atoms with Gasteiger partial charge in [-0.25, -0.2) is 4.98 Å². The summed E-state index contributed by atoms with van der Waals surface area (Å²) in [5, 5.41) is 0. The zero-order valence-corrected chi connectivity index (χ0v) is 11.5. The van der Waals surface area contributed by atoms with Crippen molar-refractivity contribution < 1.29 is 9.53 Å². The van der Waals surface area contributed by atoms with Crippen LogP contribution in [0.3, 0.4) is 0 Å². The molecule has 1 unspecified atom stereocenters. The first-order valence-electron chi connectivity index (χ1n) is 6.75. The highest BCUT2D eigenvalue weighted by Gasteiger charge is 2.24. The maximum absolute atomic E-state index is 12.5. The maximum Gasteiger partial charge on any atom is 0.245 e. The average Bonchev–Trinajstić information content (AvgIpc) is 2.89. The summed E-state index contributed by atoms with van der Waals surface area (Å²) in [7, 11) is 0. The lowest BCUT2D eigenvalue weighted by molar-refractivity contribution is -0.138. The first-order chi connectivity index (χ1) is 9.66. The highest BCUT2D eigenvalue weighted by atomic mass is 16.5. The molecule has 3 rings (SSSR count). The summed E-state index contributed by atoms with van der Waals surface area (Å²) in [6.07, 6.45) is 1.70. The lowest BCUT2D eigenvalue weighted by atomic mass is 10.2. The van der Waals surface area contributed by atoms with Gasteiger partial charge in [0.2, 0.25) is 5.91 Å². The van der Waals surface area contributed by atoms with Gasteiger partial charge in [0, 0.05) is 18.8 Å². The molecule has 1 amide bonds. The van der Waals surface area contributed by atoms with Gasteiger partial charge >= 0.3 is 0 Å². The van der Waals surface area contributed by atoms with E-state index in [1.165, 1.54) is 0 Å². The second-order valence-corrected chi connectivity index (χ2v) is 5.01. The van der Waals surface area contributed by atoms with E-state index in [0.717, 1.165) is 11.0 Å². The number of carbonyl (C=O) groups excluding carboxylic acids is 1. The molecule has 2 heterocycles. The zero-order chi connectivity index (χ0) is 14.1. The van der Waals surface area contributed by atoms with E-state index in [1.54, 1.807) is 6.33 Å². The monoisotopic (exact) mass is 274 g/mol.